The largest absolute Gasteiger partial charge is 0.481 e. The predicted octanol–water partition coefficient (Wildman–Crippen LogP) is 1.51. The molecule has 3 aliphatic rings. The van der Waals surface area contributed by atoms with Gasteiger partial charge in [0.2, 0.25) is 5.91 Å². The molecule has 1 saturated carbocycles. The summed E-state index contributed by atoms with van der Waals surface area (Å²) in [5.74, 6) is 0.0137. The summed E-state index contributed by atoms with van der Waals surface area (Å²) >= 11 is 0. The van der Waals surface area contributed by atoms with E-state index in [1.807, 2.05) is 6.07 Å². The lowest BCUT2D eigenvalue weighted by Crippen LogP contribution is -2.53. The van der Waals surface area contributed by atoms with Crippen LogP contribution in [0.2, 0.25) is 0 Å². The van der Waals surface area contributed by atoms with Crippen molar-refractivity contribution in [3.8, 4) is 0 Å². The fourth-order valence-corrected chi connectivity index (χ4v) is 3.93. The fourth-order valence-electron chi connectivity index (χ4n) is 3.93. The highest BCUT2D eigenvalue weighted by Gasteiger charge is 2.59. The third kappa shape index (κ3) is 1.60. The van der Waals surface area contributed by atoms with E-state index in [9.17, 15) is 9.59 Å². The van der Waals surface area contributed by atoms with E-state index in [-0.39, 0.29) is 17.7 Å². The first kappa shape index (κ1) is 11.9. The van der Waals surface area contributed by atoms with Crippen molar-refractivity contribution in [2.24, 2.45) is 17.8 Å². The Labute approximate surface area is 117 Å². The zero-order valence-electron chi connectivity index (χ0n) is 11.2. The molecule has 1 aromatic carbocycles. The quantitative estimate of drug-likeness (QED) is 0.887. The van der Waals surface area contributed by atoms with Gasteiger partial charge in [0.1, 0.15) is 0 Å². The van der Waals surface area contributed by atoms with Crippen LogP contribution in [0.25, 0.3) is 0 Å². The van der Waals surface area contributed by atoms with Crippen molar-refractivity contribution in [2.45, 2.75) is 18.8 Å². The van der Waals surface area contributed by atoms with Gasteiger partial charge in [-0.15, -0.1) is 0 Å². The number of amides is 1. The zero-order chi connectivity index (χ0) is 13.9. The van der Waals surface area contributed by atoms with E-state index >= 15 is 0 Å². The van der Waals surface area contributed by atoms with Gasteiger partial charge in [-0.3, -0.25) is 9.59 Å². The molecule has 0 radical (unpaired) electrons. The Bertz CT molecular complexity index is 591. The molecule has 104 valence electrons. The van der Waals surface area contributed by atoms with Gasteiger partial charge in [0.15, 0.2) is 0 Å². The number of rotatable bonds is 2. The third-order valence-electron chi connectivity index (χ3n) is 5.16. The maximum atomic E-state index is 12.5. The average molecular weight is 271 g/mol. The number of likely N-dealkylation sites (tertiary alicyclic amines) is 1. The minimum Gasteiger partial charge on any atom is -0.481 e. The number of fused-ring (bicyclic) bond motifs is 3. The summed E-state index contributed by atoms with van der Waals surface area (Å²) < 4.78 is 0. The Morgan fingerprint density at radius 2 is 1.95 bits per heavy atom. The molecule has 2 fully saturated rings. The predicted molar refractivity (Wildman–Crippen MR) is 72.2 cm³/mol. The van der Waals surface area contributed by atoms with Crippen LogP contribution < -0.4 is 0 Å². The zero-order valence-corrected chi connectivity index (χ0v) is 11.2. The Hall–Kier alpha value is -1.84. The average Bonchev–Trinajstić information content (AvgIpc) is 3.11. The number of carboxylic acid groups (broad SMARTS) is 1. The lowest BCUT2D eigenvalue weighted by atomic mass is 9.92. The Balaban J connectivity index is 1.48. The van der Waals surface area contributed by atoms with Gasteiger partial charge in [-0.05, 0) is 35.8 Å². The maximum absolute atomic E-state index is 12.5. The van der Waals surface area contributed by atoms with Gasteiger partial charge >= 0.3 is 5.97 Å². The second-order valence-electron chi connectivity index (χ2n) is 6.23. The van der Waals surface area contributed by atoms with Crippen molar-refractivity contribution in [2.75, 3.05) is 13.1 Å². The second kappa shape index (κ2) is 4.08. The molecule has 1 aromatic rings. The molecule has 3 unspecified atom stereocenters. The number of carboxylic acids is 1. The summed E-state index contributed by atoms with van der Waals surface area (Å²) in [7, 11) is 0. The van der Waals surface area contributed by atoms with E-state index in [1.54, 1.807) is 4.90 Å². The molecule has 2 aliphatic carbocycles. The summed E-state index contributed by atoms with van der Waals surface area (Å²) in [5, 5.41) is 8.89. The number of aliphatic carboxylic acids is 1. The van der Waals surface area contributed by atoms with Crippen molar-refractivity contribution >= 4 is 11.9 Å². The van der Waals surface area contributed by atoms with Crippen molar-refractivity contribution < 1.29 is 14.7 Å². The molecule has 3 atom stereocenters. The lowest BCUT2D eigenvalue weighted by Gasteiger charge is -2.37. The summed E-state index contributed by atoms with van der Waals surface area (Å²) in [4.78, 5) is 25.0. The van der Waals surface area contributed by atoms with E-state index in [2.05, 4.69) is 18.2 Å². The number of carbonyl (C=O) groups is 2. The van der Waals surface area contributed by atoms with Crippen molar-refractivity contribution in [3.63, 3.8) is 0 Å². The highest BCUT2D eigenvalue weighted by molar-refractivity contribution is 5.86. The van der Waals surface area contributed by atoms with Crippen LogP contribution in [0.15, 0.2) is 24.3 Å². The third-order valence-corrected chi connectivity index (χ3v) is 5.16. The minimum absolute atomic E-state index is 0.105. The first-order valence-corrected chi connectivity index (χ1v) is 7.26. The standard InChI is InChI=1S/C16H17NO3/c18-15(17-7-10(8-17)16(19)20)14-12-6-5-9-3-1-2-4-11(9)13(12)14/h1-4,10,12-14H,5-8H2,(H,19,20). The molecule has 1 saturated heterocycles. The smallest absolute Gasteiger partial charge is 0.310 e. The monoisotopic (exact) mass is 271 g/mol. The summed E-state index contributed by atoms with van der Waals surface area (Å²) in [5.41, 5.74) is 2.73. The molecule has 4 rings (SSSR count). The van der Waals surface area contributed by atoms with Crippen LogP contribution in [0.5, 0.6) is 0 Å². The Morgan fingerprint density at radius 3 is 2.70 bits per heavy atom. The van der Waals surface area contributed by atoms with E-state index < -0.39 is 5.97 Å². The van der Waals surface area contributed by atoms with Crippen LogP contribution in [0, 0.1) is 17.8 Å². The lowest BCUT2D eigenvalue weighted by molar-refractivity contribution is -0.153. The van der Waals surface area contributed by atoms with Crippen LogP contribution in [0.4, 0.5) is 0 Å². The number of aryl methyl sites for hydroxylation is 1. The Morgan fingerprint density at radius 1 is 1.20 bits per heavy atom. The molecule has 4 nitrogen and oxygen atoms in total. The summed E-state index contributed by atoms with van der Waals surface area (Å²) in [6.07, 6.45) is 2.16. The van der Waals surface area contributed by atoms with Crippen molar-refractivity contribution in [1.82, 2.24) is 4.90 Å². The second-order valence-corrected chi connectivity index (χ2v) is 6.23. The first-order valence-electron chi connectivity index (χ1n) is 7.26. The van der Waals surface area contributed by atoms with Crippen LogP contribution in [0.1, 0.15) is 23.5 Å². The van der Waals surface area contributed by atoms with E-state index in [0.717, 1.165) is 12.8 Å². The highest BCUT2D eigenvalue weighted by Crippen LogP contribution is 2.60. The number of carbonyl (C=O) groups excluding carboxylic acids is 1. The maximum Gasteiger partial charge on any atom is 0.310 e. The molecule has 1 amide bonds. The minimum atomic E-state index is -0.785. The van der Waals surface area contributed by atoms with Gasteiger partial charge in [-0.25, -0.2) is 0 Å². The van der Waals surface area contributed by atoms with Gasteiger partial charge < -0.3 is 10.0 Å². The van der Waals surface area contributed by atoms with Crippen LogP contribution >= 0.6 is 0 Å². The van der Waals surface area contributed by atoms with Crippen molar-refractivity contribution in [1.29, 1.82) is 0 Å². The van der Waals surface area contributed by atoms with Crippen LogP contribution in [-0.4, -0.2) is 35.0 Å². The van der Waals surface area contributed by atoms with Crippen molar-refractivity contribution in [3.05, 3.63) is 35.4 Å². The van der Waals surface area contributed by atoms with Gasteiger partial charge in [0.25, 0.3) is 0 Å². The van der Waals surface area contributed by atoms with Gasteiger partial charge in [-0.2, -0.15) is 0 Å². The highest BCUT2D eigenvalue weighted by atomic mass is 16.4. The Kier molecular flexibility index (Phi) is 2.43. The molecule has 1 heterocycles. The molecule has 0 aromatic heterocycles. The molecule has 4 heteroatoms. The number of hydrogen-bond donors (Lipinski definition) is 1. The van der Waals surface area contributed by atoms with Gasteiger partial charge in [0, 0.05) is 19.0 Å². The summed E-state index contributed by atoms with van der Waals surface area (Å²) in [6, 6.07) is 8.42. The molecule has 0 bridgehead atoms. The normalized spacial score (nSPS) is 31.0. The van der Waals surface area contributed by atoms with Gasteiger partial charge in [0.05, 0.1) is 5.92 Å². The van der Waals surface area contributed by atoms with Crippen LogP contribution in [0.3, 0.4) is 0 Å². The SMILES string of the molecule is O=C(O)C1CN(C(=O)C2C3CCc4ccccc4C32)C1. The number of benzene rings is 1. The van der Waals surface area contributed by atoms with Gasteiger partial charge in [-0.1, -0.05) is 24.3 Å². The topological polar surface area (TPSA) is 57.6 Å². The fraction of sp³-hybridized carbons (Fsp3) is 0.500. The van der Waals surface area contributed by atoms with E-state index in [4.69, 9.17) is 5.11 Å². The molecule has 1 aliphatic heterocycles. The van der Waals surface area contributed by atoms with E-state index in [1.165, 1.54) is 11.1 Å². The van der Waals surface area contributed by atoms with E-state index in [0.29, 0.717) is 24.9 Å². The number of nitrogens with zero attached hydrogens (tertiary/aromatic N) is 1. The summed E-state index contributed by atoms with van der Waals surface area (Å²) in [6.45, 7) is 0.789. The first-order chi connectivity index (χ1) is 9.66. The number of hydrogen-bond acceptors (Lipinski definition) is 2. The molecular formula is C16H17NO3. The molecule has 20 heavy (non-hydrogen) atoms. The molecule has 1 N–H and O–H groups in total. The van der Waals surface area contributed by atoms with Crippen LogP contribution in [-0.2, 0) is 16.0 Å². The molecular weight excluding hydrogens is 254 g/mol. The molecule has 0 spiro atoms.